The molecule has 0 saturated carbocycles. The predicted octanol–water partition coefficient (Wildman–Crippen LogP) is 2.21. The van der Waals surface area contributed by atoms with Crippen LogP contribution in [0.1, 0.15) is 20.9 Å². The van der Waals surface area contributed by atoms with Gasteiger partial charge in [-0.05, 0) is 31.0 Å². The molecule has 0 saturated heterocycles. The minimum Gasteiger partial charge on any atom is -0.497 e. The van der Waals surface area contributed by atoms with Crippen molar-refractivity contribution in [2.45, 2.75) is 12.7 Å². The molecular formula is C14H18N2O. The molecule has 2 aromatic rings. The molecule has 0 aliphatic carbocycles. The van der Waals surface area contributed by atoms with Crippen LogP contribution in [0.4, 0.5) is 0 Å². The maximum absolute atomic E-state index is 8.39. The van der Waals surface area contributed by atoms with E-state index in [9.17, 15) is 0 Å². The first-order chi connectivity index (χ1) is 11.0. The molecule has 1 aliphatic heterocycles. The number of methoxy groups -OCH3 is 1. The Bertz CT molecular complexity index is 781. The van der Waals surface area contributed by atoms with Crippen molar-refractivity contribution in [3.8, 4) is 5.75 Å². The summed E-state index contributed by atoms with van der Waals surface area (Å²) in [7, 11) is 1.52. The zero-order chi connectivity index (χ0) is 17.9. The van der Waals surface area contributed by atoms with E-state index in [1.807, 2.05) is 0 Å². The van der Waals surface area contributed by atoms with E-state index in [2.05, 4.69) is 4.98 Å². The largest absolute Gasteiger partial charge is 0.497 e. The fourth-order valence-corrected chi connectivity index (χ4v) is 2.02. The molecule has 3 heteroatoms. The Morgan fingerprint density at radius 1 is 1.41 bits per heavy atom. The van der Waals surface area contributed by atoms with Crippen LogP contribution in [0.25, 0.3) is 10.9 Å². The number of H-pyrrole nitrogens is 1. The molecule has 0 spiro atoms. The lowest BCUT2D eigenvalue weighted by molar-refractivity contribution is 0.352. The lowest BCUT2D eigenvalue weighted by atomic mass is 10.1. The number of rotatable bonds is 1. The van der Waals surface area contributed by atoms with Crippen molar-refractivity contribution in [2.75, 3.05) is 27.2 Å². The van der Waals surface area contributed by atoms with Crippen LogP contribution in [-0.2, 0) is 12.7 Å². The van der Waals surface area contributed by atoms with Crippen LogP contribution >= 0.6 is 0 Å². The fourth-order valence-electron chi connectivity index (χ4n) is 2.02. The van der Waals surface area contributed by atoms with E-state index in [4.69, 9.17) is 14.3 Å². The summed E-state index contributed by atoms with van der Waals surface area (Å²) >= 11 is 0. The Morgan fingerprint density at radius 2 is 2.29 bits per heavy atom. The second-order valence-electron chi connectivity index (χ2n) is 4.00. The summed E-state index contributed by atoms with van der Waals surface area (Å²) in [5, 5.41) is 0.534. The Kier molecular flexibility index (Phi) is 1.30. The molecule has 3 nitrogen and oxygen atoms in total. The standard InChI is InChI=1S/C14H18N2O/c1-16-7-5-12-11-4-3-10(17-2)9-14(11)15-13(12)6-8-16/h3-4,9,15H,5-8H2,1-2H3/i1D3,5D2,6D2. The summed E-state index contributed by atoms with van der Waals surface area (Å²) < 4.78 is 61.2. The number of hydrogen-bond acceptors (Lipinski definition) is 2. The zero-order valence-electron chi connectivity index (χ0n) is 16.5. The maximum Gasteiger partial charge on any atom is 0.120 e. The molecule has 0 bridgehead atoms. The Labute approximate surface area is 111 Å². The third kappa shape index (κ3) is 1.80. The molecule has 0 fully saturated rings. The van der Waals surface area contributed by atoms with Crippen molar-refractivity contribution >= 4 is 10.9 Å². The highest BCUT2D eigenvalue weighted by Gasteiger charge is 2.16. The maximum atomic E-state index is 8.39. The summed E-state index contributed by atoms with van der Waals surface area (Å²) in [6, 6.07) is 5.02. The van der Waals surface area contributed by atoms with Gasteiger partial charge in [0.2, 0.25) is 0 Å². The molecule has 0 atom stereocenters. The van der Waals surface area contributed by atoms with Gasteiger partial charge >= 0.3 is 0 Å². The topological polar surface area (TPSA) is 28.3 Å². The van der Waals surface area contributed by atoms with E-state index in [1.54, 1.807) is 18.2 Å². The van der Waals surface area contributed by atoms with E-state index in [0.29, 0.717) is 16.7 Å². The third-order valence-electron chi connectivity index (χ3n) is 2.90. The van der Waals surface area contributed by atoms with Gasteiger partial charge in [0.05, 0.1) is 7.11 Å². The molecule has 90 valence electrons. The van der Waals surface area contributed by atoms with Gasteiger partial charge in [-0.1, -0.05) is 0 Å². The number of ether oxygens (including phenoxy) is 1. The van der Waals surface area contributed by atoms with E-state index in [1.165, 1.54) is 7.11 Å². The molecule has 17 heavy (non-hydrogen) atoms. The monoisotopic (exact) mass is 237 g/mol. The second kappa shape index (κ2) is 4.08. The Morgan fingerprint density at radius 3 is 3.12 bits per heavy atom. The van der Waals surface area contributed by atoms with Crippen LogP contribution in [0.15, 0.2) is 18.2 Å². The van der Waals surface area contributed by atoms with Crippen molar-refractivity contribution in [3.63, 3.8) is 0 Å². The highest BCUT2D eigenvalue weighted by Crippen LogP contribution is 2.28. The number of fused-ring (bicyclic) bond motifs is 3. The predicted molar refractivity (Wildman–Crippen MR) is 69.8 cm³/mol. The molecule has 0 unspecified atom stereocenters. The highest BCUT2D eigenvalue weighted by atomic mass is 16.5. The van der Waals surface area contributed by atoms with Gasteiger partial charge in [-0.2, -0.15) is 0 Å². The molecule has 0 amide bonds. The van der Waals surface area contributed by atoms with Crippen LogP contribution in [0.3, 0.4) is 0 Å². The molecule has 1 aromatic heterocycles. The average molecular weight is 237 g/mol. The number of aromatic nitrogens is 1. The summed E-state index contributed by atoms with van der Waals surface area (Å²) in [6.45, 7) is -3.39. The SMILES string of the molecule is [2H]C1([2H])CN(C([2H])([2H])[2H])CC([2H])([2H])c2c1[nH]c1cc(OC)ccc21. The average Bonchev–Trinajstić information content (AvgIpc) is 2.81. The highest BCUT2D eigenvalue weighted by molar-refractivity contribution is 5.86. The van der Waals surface area contributed by atoms with Crippen LogP contribution in [0.2, 0.25) is 0 Å². The second-order valence-corrected chi connectivity index (χ2v) is 4.00. The fraction of sp³-hybridized carbons (Fsp3) is 0.429. The van der Waals surface area contributed by atoms with Crippen LogP contribution in [0.5, 0.6) is 5.75 Å². The first kappa shape index (κ1) is 5.44. The van der Waals surface area contributed by atoms with Crippen molar-refractivity contribution in [1.82, 2.24) is 9.88 Å². The summed E-state index contributed by atoms with van der Waals surface area (Å²) in [5.74, 6) is 0.573. The minimum absolute atomic E-state index is 0.0857. The summed E-state index contributed by atoms with van der Waals surface area (Å²) in [4.78, 5) is 3.83. The van der Waals surface area contributed by atoms with Crippen LogP contribution in [0, 0.1) is 0 Å². The number of hydrogen-bond donors (Lipinski definition) is 1. The molecular weight excluding hydrogens is 212 g/mol. The van der Waals surface area contributed by atoms with Gasteiger partial charge in [-0.15, -0.1) is 0 Å². The lowest BCUT2D eigenvalue weighted by Gasteiger charge is -2.11. The Hall–Kier alpha value is -1.48. The lowest BCUT2D eigenvalue weighted by Crippen LogP contribution is -2.21. The first-order valence-electron chi connectivity index (χ1n) is 8.91. The smallest absolute Gasteiger partial charge is 0.120 e. The normalized spacial score (nSPS) is 29.6. The quantitative estimate of drug-likeness (QED) is 0.823. The Balaban J connectivity index is 2.24. The molecule has 1 N–H and O–H groups in total. The number of nitrogens with zero attached hydrogens (tertiary/aromatic N) is 1. The molecule has 1 aliphatic rings. The van der Waals surface area contributed by atoms with Gasteiger partial charge in [-0.3, -0.25) is 0 Å². The molecule has 1 aromatic carbocycles. The van der Waals surface area contributed by atoms with Crippen molar-refractivity contribution in [1.29, 1.82) is 0 Å². The van der Waals surface area contributed by atoms with Crippen molar-refractivity contribution < 1.29 is 14.3 Å². The van der Waals surface area contributed by atoms with Gasteiger partial charge in [0, 0.05) is 51.7 Å². The molecule has 2 heterocycles. The van der Waals surface area contributed by atoms with E-state index in [-0.39, 0.29) is 11.3 Å². The van der Waals surface area contributed by atoms with Crippen molar-refractivity contribution in [3.05, 3.63) is 29.5 Å². The van der Waals surface area contributed by atoms with Gasteiger partial charge in [0.25, 0.3) is 0 Å². The summed E-state index contributed by atoms with van der Waals surface area (Å²) in [6.07, 6.45) is -4.04. The molecule has 0 radical (unpaired) electrons. The first-order valence-corrected chi connectivity index (χ1v) is 5.41. The van der Waals surface area contributed by atoms with Gasteiger partial charge in [0.1, 0.15) is 5.75 Å². The van der Waals surface area contributed by atoms with Crippen molar-refractivity contribution in [2.24, 2.45) is 0 Å². The molecule has 3 rings (SSSR count). The number of likely N-dealkylation sites (N-methyl/N-ethyl adjacent to an activating group) is 1. The van der Waals surface area contributed by atoms with Gasteiger partial charge in [-0.25, -0.2) is 0 Å². The summed E-state index contributed by atoms with van der Waals surface area (Å²) in [5.41, 5.74) is 0.828. The zero-order valence-corrected chi connectivity index (χ0v) is 9.50. The third-order valence-corrected chi connectivity index (χ3v) is 2.90. The van der Waals surface area contributed by atoms with E-state index < -0.39 is 32.8 Å². The number of aromatic amines is 1. The van der Waals surface area contributed by atoms with Gasteiger partial charge in [0.15, 0.2) is 0 Å². The van der Waals surface area contributed by atoms with E-state index >= 15 is 0 Å². The van der Waals surface area contributed by atoms with Crippen LogP contribution in [-0.4, -0.2) is 37.1 Å². The van der Waals surface area contributed by atoms with E-state index in [0.717, 1.165) is 4.90 Å². The van der Waals surface area contributed by atoms with Crippen LogP contribution < -0.4 is 4.74 Å². The number of nitrogens with one attached hydrogen (secondary N) is 1. The number of benzene rings is 1. The minimum atomic E-state index is -2.57. The van der Waals surface area contributed by atoms with Gasteiger partial charge < -0.3 is 14.6 Å².